The van der Waals surface area contributed by atoms with Crippen molar-refractivity contribution in [1.29, 1.82) is 0 Å². The van der Waals surface area contributed by atoms with Crippen LogP contribution in [0.3, 0.4) is 0 Å². The molecule has 0 bridgehead atoms. The van der Waals surface area contributed by atoms with E-state index in [0.717, 1.165) is 25.2 Å². The standard InChI is InChI=1S/C28H25IN2O5/c1-16-5-7-19(8-6-16)15-36-25-23(29)13-20(14-24(25)35-4)12-22-26(32)30-28(34)31(27(22)33)21-10-17(2)9-18(3)11-21/h5-14H,15H2,1-4H3,(H,30,32,34)/b22-12+. The van der Waals surface area contributed by atoms with Crippen LogP contribution in [-0.4, -0.2) is 25.0 Å². The molecule has 8 heteroatoms. The summed E-state index contributed by atoms with van der Waals surface area (Å²) < 4.78 is 12.3. The average Bonchev–Trinajstić information content (AvgIpc) is 2.81. The fourth-order valence-electron chi connectivity index (χ4n) is 3.94. The monoisotopic (exact) mass is 596 g/mol. The van der Waals surface area contributed by atoms with Gasteiger partial charge in [-0.1, -0.05) is 35.9 Å². The molecular formula is C28H25IN2O5. The largest absolute Gasteiger partial charge is 0.493 e. The Morgan fingerprint density at radius 3 is 2.22 bits per heavy atom. The Labute approximate surface area is 223 Å². The fourth-order valence-corrected chi connectivity index (χ4v) is 4.72. The third kappa shape index (κ3) is 5.43. The van der Waals surface area contributed by atoms with Gasteiger partial charge in [0.1, 0.15) is 12.2 Å². The van der Waals surface area contributed by atoms with Crippen molar-refractivity contribution >= 4 is 52.2 Å². The van der Waals surface area contributed by atoms with E-state index in [9.17, 15) is 14.4 Å². The van der Waals surface area contributed by atoms with Gasteiger partial charge in [0.2, 0.25) is 0 Å². The molecule has 0 aromatic heterocycles. The quantitative estimate of drug-likeness (QED) is 0.232. The van der Waals surface area contributed by atoms with E-state index >= 15 is 0 Å². The number of urea groups is 1. The Morgan fingerprint density at radius 2 is 1.58 bits per heavy atom. The van der Waals surface area contributed by atoms with E-state index in [1.165, 1.54) is 18.7 Å². The normalized spacial score (nSPS) is 14.8. The summed E-state index contributed by atoms with van der Waals surface area (Å²) in [5.74, 6) is -0.416. The highest BCUT2D eigenvalue weighted by Crippen LogP contribution is 2.35. The van der Waals surface area contributed by atoms with E-state index in [4.69, 9.17) is 9.47 Å². The minimum absolute atomic E-state index is 0.153. The Morgan fingerprint density at radius 1 is 0.917 bits per heavy atom. The molecule has 1 fully saturated rings. The molecule has 1 heterocycles. The van der Waals surface area contributed by atoms with Crippen LogP contribution in [0.25, 0.3) is 6.08 Å². The summed E-state index contributed by atoms with van der Waals surface area (Å²) in [6, 6.07) is 16.1. The summed E-state index contributed by atoms with van der Waals surface area (Å²) in [7, 11) is 1.53. The SMILES string of the molecule is COc1cc(/C=C2\C(=O)NC(=O)N(c3cc(C)cc(C)c3)C2=O)cc(I)c1OCc1ccc(C)cc1. The van der Waals surface area contributed by atoms with Gasteiger partial charge in [-0.2, -0.15) is 0 Å². The van der Waals surface area contributed by atoms with Crippen molar-refractivity contribution in [3.63, 3.8) is 0 Å². The molecule has 1 N–H and O–H groups in total. The summed E-state index contributed by atoms with van der Waals surface area (Å²) >= 11 is 2.13. The van der Waals surface area contributed by atoms with Gasteiger partial charge in [0.15, 0.2) is 11.5 Å². The number of halogens is 1. The molecule has 0 unspecified atom stereocenters. The maximum atomic E-state index is 13.3. The number of rotatable bonds is 6. The lowest BCUT2D eigenvalue weighted by atomic mass is 10.0. The molecule has 1 aliphatic rings. The van der Waals surface area contributed by atoms with Crippen LogP contribution in [0.4, 0.5) is 10.5 Å². The van der Waals surface area contributed by atoms with Crippen LogP contribution in [0.1, 0.15) is 27.8 Å². The second kappa shape index (κ2) is 10.5. The molecule has 0 radical (unpaired) electrons. The predicted octanol–water partition coefficient (Wildman–Crippen LogP) is 5.47. The number of nitrogens with one attached hydrogen (secondary N) is 1. The smallest absolute Gasteiger partial charge is 0.335 e. The first-order valence-electron chi connectivity index (χ1n) is 11.2. The maximum absolute atomic E-state index is 13.3. The van der Waals surface area contributed by atoms with Crippen LogP contribution in [0.2, 0.25) is 0 Å². The highest BCUT2D eigenvalue weighted by Gasteiger charge is 2.37. The van der Waals surface area contributed by atoms with E-state index in [2.05, 4.69) is 27.9 Å². The number of anilines is 1. The third-order valence-electron chi connectivity index (χ3n) is 5.63. The van der Waals surface area contributed by atoms with E-state index in [-0.39, 0.29) is 5.57 Å². The Kier molecular flexibility index (Phi) is 7.44. The number of barbiturate groups is 1. The van der Waals surface area contributed by atoms with Gasteiger partial charge in [0.05, 0.1) is 16.4 Å². The second-order valence-electron chi connectivity index (χ2n) is 8.61. The molecule has 0 saturated carbocycles. The van der Waals surface area contributed by atoms with Crippen molar-refractivity contribution in [1.82, 2.24) is 5.32 Å². The molecule has 0 atom stereocenters. The van der Waals surface area contributed by atoms with Gasteiger partial charge in [0, 0.05) is 0 Å². The summed E-state index contributed by atoms with van der Waals surface area (Å²) in [6.45, 7) is 6.14. The van der Waals surface area contributed by atoms with Gasteiger partial charge in [-0.15, -0.1) is 0 Å². The van der Waals surface area contributed by atoms with Crippen molar-refractivity contribution in [3.05, 3.63) is 91.6 Å². The zero-order chi connectivity index (χ0) is 26.0. The zero-order valence-corrected chi connectivity index (χ0v) is 22.5. The van der Waals surface area contributed by atoms with Crippen LogP contribution in [0, 0.1) is 24.3 Å². The number of benzene rings is 3. The fraction of sp³-hybridized carbons (Fsp3) is 0.179. The van der Waals surface area contributed by atoms with Crippen LogP contribution in [0.5, 0.6) is 11.5 Å². The minimum atomic E-state index is -0.779. The van der Waals surface area contributed by atoms with Crippen LogP contribution in [-0.2, 0) is 16.2 Å². The number of carbonyl (C=O) groups excluding carboxylic acids is 3. The zero-order valence-electron chi connectivity index (χ0n) is 20.3. The number of methoxy groups -OCH3 is 1. The number of nitrogens with zero attached hydrogens (tertiary/aromatic N) is 1. The number of hydrogen-bond acceptors (Lipinski definition) is 5. The first-order chi connectivity index (χ1) is 17.2. The molecule has 184 valence electrons. The lowest BCUT2D eigenvalue weighted by molar-refractivity contribution is -0.122. The van der Waals surface area contributed by atoms with Gasteiger partial charge in [-0.3, -0.25) is 14.9 Å². The lowest BCUT2D eigenvalue weighted by Gasteiger charge is -2.27. The van der Waals surface area contributed by atoms with E-state index in [1.54, 1.807) is 24.3 Å². The van der Waals surface area contributed by atoms with Crippen molar-refractivity contribution in [2.75, 3.05) is 12.0 Å². The number of aryl methyl sites for hydroxylation is 3. The highest BCUT2D eigenvalue weighted by atomic mass is 127. The van der Waals surface area contributed by atoms with Crippen molar-refractivity contribution in [2.24, 2.45) is 0 Å². The van der Waals surface area contributed by atoms with Crippen molar-refractivity contribution in [3.8, 4) is 11.5 Å². The minimum Gasteiger partial charge on any atom is -0.493 e. The molecule has 1 saturated heterocycles. The van der Waals surface area contributed by atoms with Gasteiger partial charge >= 0.3 is 6.03 Å². The van der Waals surface area contributed by atoms with Crippen molar-refractivity contribution < 1.29 is 23.9 Å². The van der Waals surface area contributed by atoms with Gasteiger partial charge in [0.25, 0.3) is 11.8 Å². The first-order valence-corrected chi connectivity index (χ1v) is 12.3. The van der Waals surface area contributed by atoms with Crippen LogP contribution >= 0.6 is 22.6 Å². The number of amides is 4. The van der Waals surface area contributed by atoms with Crippen molar-refractivity contribution in [2.45, 2.75) is 27.4 Å². The molecular weight excluding hydrogens is 571 g/mol. The molecule has 3 aromatic rings. The van der Waals surface area contributed by atoms with E-state index in [1.807, 2.05) is 51.1 Å². The Hall–Kier alpha value is -3.66. The summed E-state index contributed by atoms with van der Waals surface area (Å²) in [5.41, 5.74) is 4.79. The van der Waals surface area contributed by atoms with Gasteiger partial charge in [-0.05, 0) is 96.0 Å². The third-order valence-corrected chi connectivity index (χ3v) is 6.43. The molecule has 1 aliphatic heterocycles. The maximum Gasteiger partial charge on any atom is 0.335 e. The molecule has 4 amide bonds. The predicted molar refractivity (Wildman–Crippen MR) is 146 cm³/mol. The molecule has 7 nitrogen and oxygen atoms in total. The molecule has 0 aliphatic carbocycles. The highest BCUT2D eigenvalue weighted by molar-refractivity contribution is 14.1. The Balaban J connectivity index is 1.65. The average molecular weight is 596 g/mol. The number of carbonyl (C=O) groups is 3. The summed E-state index contributed by atoms with van der Waals surface area (Å²) in [6.07, 6.45) is 1.45. The van der Waals surface area contributed by atoms with Crippen LogP contribution < -0.4 is 19.7 Å². The van der Waals surface area contributed by atoms with E-state index < -0.39 is 17.8 Å². The number of imide groups is 2. The van der Waals surface area contributed by atoms with E-state index in [0.29, 0.717) is 29.4 Å². The van der Waals surface area contributed by atoms with Crippen LogP contribution in [0.15, 0.2) is 60.2 Å². The van der Waals surface area contributed by atoms with Gasteiger partial charge in [-0.25, -0.2) is 9.69 Å². The molecule has 4 rings (SSSR count). The number of ether oxygens (including phenoxy) is 2. The molecule has 36 heavy (non-hydrogen) atoms. The summed E-state index contributed by atoms with van der Waals surface area (Å²) in [4.78, 5) is 39.4. The molecule has 0 spiro atoms. The first kappa shape index (κ1) is 25.4. The van der Waals surface area contributed by atoms with Gasteiger partial charge < -0.3 is 9.47 Å². The summed E-state index contributed by atoms with van der Waals surface area (Å²) in [5, 5.41) is 2.27. The number of hydrogen-bond donors (Lipinski definition) is 1. The topological polar surface area (TPSA) is 84.9 Å². The second-order valence-corrected chi connectivity index (χ2v) is 9.77. The lowest BCUT2D eigenvalue weighted by Crippen LogP contribution is -2.54. The Bertz CT molecular complexity index is 1380. The molecule has 3 aromatic carbocycles.